The molecule has 33 heavy (non-hydrogen) atoms. The Bertz CT molecular complexity index is 1140. The molecule has 2 atom stereocenters. The molecule has 7 nitrogen and oxygen atoms in total. The molecule has 1 aliphatic heterocycles. The van der Waals surface area contributed by atoms with Crippen molar-refractivity contribution in [2.24, 2.45) is 11.7 Å². The normalized spacial score (nSPS) is 17.0. The van der Waals surface area contributed by atoms with E-state index in [1.165, 1.54) is 0 Å². The quantitative estimate of drug-likeness (QED) is 0.553. The first-order valence-electron chi connectivity index (χ1n) is 11.4. The van der Waals surface area contributed by atoms with Gasteiger partial charge in [0.05, 0.1) is 11.1 Å². The average molecular weight is 468 g/mol. The Balaban J connectivity index is 1.51. The van der Waals surface area contributed by atoms with E-state index in [-0.39, 0.29) is 23.8 Å². The zero-order valence-corrected chi connectivity index (χ0v) is 19.8. The lowest BCUT2D eigenvalue weighted by Crippen LogP contribution is -2.32. The fourth-order valence-electron chi connectivity index (χ4n) is 4.40. The molecule has 8 heteroatoms. The van der Waals surface area contributed by atoms with Crippen molar-refractivity contribution in [3.63, 3.8) is 0 Å². The van der Waals surface area contributed by atoms with Crippen LogP contribution in [0.5, 0.6) is 0 Å². The number of rotatable bonds is 7. The molecule has 1 saturated heterocycles. The van der Waals surface area contributed by atoms with Crippen molar-refractivity contribution in [1.29, 1.82) is 0 Å². The molecule has 174 valence electrons. The number of amides is 2. The van der Waals surface area contributed by atoms with E-state index in [1.807, 2.05) is 24.3 Å². The minimum Gasteiger partial charge on any atom is -0.351 e. The number of aromatic nitrogens is 2. The zero-order valence-electron chi connectivity index (χ0n) is 19.0. The third-order valence-corrected chi connectivity index (χ3v) is 6.34. The Hall–Kier alpha value is -2.90. The number of pyridine rings is 1. The molecule has 0 saturated carbocycles. The summed E-state index contributed by atoms with van der Waals surface area (Å²) in [6.45, 7) is 6.00. The summed E-state index contributed by atoms with van der Waals surface area (Å²) in [5, 5.41) is 8.19. The highest BCUT2D eigenvalue weighted by atomic mass is 35.5. The highest BCUT2D eigenvalue weighted by Gasteiger charge is 2.27. The molecule has 3 aromatic rings. The van der Waals surface area contributed by atoms with Crippen molar-refractivity contribution < 1.29 is 9.59 Å². The van der Waals surface area contributed by atoms with Crippen LogP contribution in [-0.4, -0.2) is 52.0 Å². The highest BCUT2D eigenvalue weighted by Crippen LogP contribution is 2.25. The Morgan fingerprint density at radius 3 is 2.67 bits per heavy atom. The standard InChI is InChI=1S/C25H30ClN5O2/c1-16(2)12-18(17-5-7-19(26)8-6-17)14-28-24(32)21-4-3-10-31-23(21)13-22(29-31)25(33)30-11-9-20(27)15-30/h3-8,10,13,16,18,20H,9,11-12,14-15,27H2,1-2H3,(H,28,32)/t18?,20-/m1/s1. The van der Waals surface area contributed by atoms with Crippen LogP contribution in [0.3, 0.4) is 0 Å². The van der Waals surface area contributed by atoms with Crippen molar-refractivity contribution in [2.75, 3.05) is 19.6 Å². The summed E-state index contributed by atoms with van der Waals surface area (Å²) in [5.74, 6) is 0.309. The zero-order chi connectivity index (χ0) is 23.5. The van der Waals surface area contributed by atoms with Gasteiger partial charge in [0.25, 0.3) is 11.8 Å². The number of fused-ring (bicyclic) bond motifs is 1. The maximum absolute atomic E-state index is 13.1. The predicted octanol–water partition coefficient (Wildman–Crippen LogP) is 3.72. The molecule has 1 fully saturated rings. The van der Waals surface area contributed by atoms with Crippen LogP contribution in [0.15, 0.2) is 48.7 Å². The molecule has 0 radical (unpaired) electrons. The largest absolute Gasteiger partial charge is 0.351 e. The number of halogens is 1. The number of likely N-dealkylation sites (tertiary alicyclic amines) is 1. The van der Waals surface area contributed by atoms with Crippen LogP contribution in [0.1, 0.15) is 59.0 Å². The van der Waals surface area contributed by atoms with E-state index in [2.05, 4.69) is 24.3 Å². The second-order valence-corrected chi connectivity index (χ2v) is 9.61. The number of benzene rings is 1. The second-order valence-electron chi connectivity index (χ2n) is 9.17. The van der Waals surface area contributed by atoms with Gasteiger partial charge in [0.2, 0.25) is 0 Å². The van der Waals surface area contributed by atoms with Gasteiger partial charge in [0, 0.05) is 42.8 Å². The smallest absolute Gasteiger partial charge is 0.274 e. The van der Waals surface area contributed by atoms with Crippen LogP contribution in [0.2, 0.25) is 5.02 Å². The van der Waals surface area contributed by atoms with Crippen molar-refractivity contribution >= 4 is 28.9 Å². The lowest BCUT2D eigenvalue weighted by atomic mass is 9.90. The van der Waals surface area contributed by atoms with Gasteiger partial charge in [-0.2, -0.15) is 5.10 Å². The summed E-state index contributed by atoms with van der Waals surface area (Å²) >= 11 is 6.05. The van der Waals surface area contributed by atoms with Gasteiger partial charge in [-0.05, 0) is 54.7 Å². The van der Waals surface area contributed by atoms with Gasteiger partial charge in [0.15, 0.2) is 5.69 Å². The Morgan fingerprint density at radius 1 is 1.24 bits per heavy atom. The molecule has 1 aromatic carbocycles. The highest BCUT2D eigenvalue weighted by molar-refractivity contribution is 6.30. The van der Waals surface area contributed by atoms with Gasteiger partial charge in [-0.3, -0.25) is 9.59 Å². The molecule has 1 unspecified atom stereocenters. The molecule has 2 amide bonds. The van der Waals surface area contributed by atoms with Crippen LogP contribution >= 0.6 is 11.6 Å². The SMILES string of the molecule is CC(C)CC(CNC(=O)c1cccn2nc(C(=O)N3CC[C@@H](N)C3)cc12)c1ccc(Cl)cc1. The number of nitrogens with two attached hydrogens (primary N) is 1. The van der Waals surface area contributed by atoms with Gasteiger partial charge in [-0.1, -0.05) is 37.6 Å². The van der Waals surface area contributed by atoms with Gasteiger partial charge in [0.1, 0.15) is 0 Å². The lowest BCUT2D eigenvalue weighted by molar-refractivity contribution is 0.0784. The number of carbonyl (C=O) groups is 2. The fraction of sp³-hybridized carbons (Fsp3) is 0.400. The third kappa shape index (κ3) is 5.37. The second kappa shape index (κ2) is 9.93. The predicted molar refractivity (Wildman–Crippen MR) is 130 cm³/mol. The van der Waals surface area contributed by atoms with Gasteiger partial charge in [-0.25, -0.2) is 4.52 Å². The Morgan fingerprint density at radius 2 is 2.00 bits per heavy atom. The van der Waals surface area contributed by atoms with Crippen LogP contribution in [0, 0.1) is 5.92 Å². The van der Waals surface area contributed by atoms with E-state index in [1.54, 1.807) is 33.8 Å². The minimum atomic E-state index is -0.189. The number of hydrogen-bond donors (Lipinski definition) is 2. The van der Waals surface area contributed by atoms with E-state index in [0.717, 1.165) is 18.4 Å². The van der Waals surface area contributed by atoms with E-state index in [9.17, 15) is 9.59 Å². The van der Waals surface area contributed by atoms with E-state index >= 15 is 0 Å². The number of nitrogens with zero attached hydrogens (tertiary/aromatic N) is 3. The monoisotopic (exact) mass is 467 g/mol. The maximum atomic E-state index is 13.1. The summed E-state index contributed by atoms with van der Waals surface area (Å²) in [4.78, 5) is 27.7. The summed E-state index contributed by atoms with van der Waals surface area (Å²) in [6.07, 6.45) is 3.47. The van der Waals surface area contributed by atoms with Crippen LogP contribution in [0.4, 0.5) is 0 Å². The number of carbonyl (C=O) groups excluding carboxylic acids is 2. The first kappa shape index (κ1) is 23.3. The first-order chi connectivity index (χ1) is 15.8. The first-order valence-corrected chi connectivity index (χ1v) is 11.8. The van der Waals surface area contributed by atoms with Gasteiger partial charge >= 0.3 is 0 Å². The fourth-order valence-corrected chi connectivity index (χ4v) is 4.52. The molecule has 2 aromatic heterocycles. The van der Waals surface area contributed by atoms with Crippen molar-refractivity contribution in [3.05, 3.63) is 70.5 Å². The molecule has 1 aliphatic rings. The third-order valence-electron chi connectivity index (χ3n) is 6.08. The van der Waals surface area contributed by atoms with Crippen LogP contribution in [-0.2, 0) is 0 Å². The average Bonchev–Trinajstić information content (AvgIpc) is 3.42. The molecule has 4 rings (SSSR count). The van der Waals surface area contributed by atoms with E-state index in [0.29, 0.717) is 47.3 Å². The van der Waals surface area contributed by atoms with E-state index < -0.39 is 0 Å². The van der Waals surface area contributed by atoms with Crippen molar-refractivity contribution in [1.82, 2.24) is 19.8 Å². The van der Waals surface area contributed by atoms with Crippen LogP contribution in [0.25, 0.3) is 5.52 Å². The maximum Gasteiger partial charge on any atom is 0.274 e. The summed E-state index contributed by atoms with van der Waals surface area (Å²) in [5.41, 5.74) is 8.50. The summed E-state index contributed by atoms with van der Waals surface area (Å²) in [6, 6.07) is 13.0. The molecule has 0 bridgehead atoms. The molecule has 0 spiro atoms. The van der Waals surface area contributed by atoms with Crippen molar-refractivity contribution in [2.45, 2.75) is 38.6 Å². The molecule has 0 aliphatic carbocycles. The van der Waals surface area contributed by atoms with Gasteiger partial charge < -0.3 is 16.0 Å². The molecule has 3 N–H and O–H groups in total. The summed E-state index contributed by atoms with van der Waals surface area (Å²) < 4.78 is 1.59. The van der Waals surface area contributed by atoms with Crippen molar-refractivity contribution in [3.8, 4) is 0 Å². The Labute approximate surface area is 198 Å². The molecular formula is C25H30ClN5O2. The van der Waals surface area contributed by atoms with E-state index in [4.69, 9.17) is 17.3 Å². The summed E-state index contributed by atoms with van der Waals surface area (Å²) in [7, 11) is 0. The Kier molecular flexibility index (Phi) is 7.00. The number of nitrogens with one attached hydrogen (secondary N) is 1. The number of hydrogen-bond acceptors (Lipinski definition) is 4. The molecular weight excluding hydrogens is 438 g/mol. The topological polar surface area (TPSA) is 92.7 Å². The molecule has 3 heterocycles. The van der Waals surface area contributed by atoms with Crippen LogP contribution < -0.4 is 11.1 Å². The minimum absolute atomic E-state index is 0.00625. The lowest BCUT2D eigenvalue weighted by Gasteiger charge is -2.20. The van der Waals surface area contributed by atoms with Gasteiger partial charge in [-0.15, -0.1) is 0 Å².